The topological polar surface area (TPSA) is 21.7 Å². The number of nitrogens with zero attached hydrogens (tertiary/aromatic N) is 1. The van der Waals surface area contributed by atoms with Gasteiger partial charge in [0.1, 0.15) is 0 Å². The van der Waals surface area contributed by atoms with Crippen LogP contribution < -0.4 is 5.46 Å². The lowest BCUT2D eigenvalue weighted by Crippen LogP contribution is -2.41. The lowest BCUT2D eigenvalue weighted by molar-refractivity contribution is 0.00578. The molecular formula is C20H34BNO2. The molecule has 0 radical (unpaired) electrons. The molecule has 3 nitrogen and oxygen atoms in total. The van der Waals surface area contributed by atoms with E-state index in [9.17, 15) is 0 Å². The number of aryl methyl sites for hydroxylation is 1. The van der Waals surface area contributed by atoms with Gasteiger partial charge in [0.2, 0.25) is 0 Å². The Hall–Kier alpha value is -0.835. The van der Waals surface area contributed by atoms with Crippen LogP contribution in [0, 0.1) is 6.92 Å². The predicted molar refractivity (Wildman–Crippen MR) is 103 cm³/mol. The van der Waals surface area contributed by atoms with Gasteiger partial charge in [-0.3, -0.25) is 0 Å². The molecule has 1 heterocycles. The van der Waals surface area contributed by atoms with Crippen LogP contribution in [0.1, 0.15) is 59.6 Å². The summed E-state index contributed by atoms with van der Waals surface area (Å²) in [6, 6.07) is 7.22. The first-order valence-electron chi connectivity index (χ1n) is 9.26. The van der Waals surface area contributed by atoms with Crippen molar-refractivity contribution in [2.75, 3.05) is 13.1 Å². The molecule has 134 valence electrons. The van der Waals surface area contributed by atoms with Crippen molar-refractivity contribution in [3.63, 3.8) is 0 Å². The molecule has 0 aliphatic carbocycles. The van der Waals surface area contributed by atoms with E-state index >= 15 is 0 Å². The smallest absolute Gasteiger partial charge is 0.399 e. The number of likely N-dealkylation sites (N-methyl/N-ethyl adjacent to an activating group) is 1. The SMILES string of the molecule is CCN(CCc1ccc(B2OC(C)(C)C(C)(C)O2)cc1C)C(C)C. The second-order valence-corrected chi connectivity index (χ2v) is 8.25. The van der Waals surface area contributed by atoms with Gasteiger partial charge in [0.15, 0.2) is 0 Å². The Morgan fingerprint density at radius 2 is 1.67 bits per heavy atom. The minimum absolute atomic E-state index is 0.273. The van der Waals surface area contributed by atoms with E-state index in [4.69, 9.17) is 9.31 Å². The molecule has 4 heteroatoms. The van der Waals surface area contributed by atoms with Gasteiger partial charge in [-0.25, -0.2) is 0 Å². The number of hydrogen-bond donors (Lipinski definition) is 0. The summed E-state index contributed by atoms with van der Waals surface area (Å²) in [6.45, 7) is 19.5. The molecule has 1 saturated heterocycles. The van der Waals surface area contributed by atoms with E-state index in [-0.39, 0.29) is 18.3 Å². The largest absolute Gasteiger partial charge is 0.494 e. The maximum atomic E-state index is 6.16. The highest BCUT2D eigenvalue weighted by molar-refractivity contribution is 6.62. The third kappa shape index (κ3) is 4.04. The van der Waals surface area contributed by atoms with Gasteiger partial charge < -0.3 is 14.2 Å². The van der Waals surface area contributed by atoms with Gasteiger partial charge in [-0.15, -0.1) is 0 Å². The second kappa shape index (κ2) is 7.19. The second-order valence-electron chi connectivity index (χ2n) is 8.25. The molecule has 0 atom stereocenters. The Morgan fingerprint density at radius 3 is 2.12 bits per heavy atom. The third-order valence-electron chi connectivity index (χ3n) is 5.70. The Kier molecular flexibility index (Phi) is 5.84. The summed E-state index contributed by atoms with van der Waals surface area (Å²) in [5.74, 6) is 0. The van der Waals surface area contributed by atoms with Crippen LogP contribution in [0.2, 0.25) is 0 Å². The van der Waals surface area contributed by atoms with Crippen molar-refractivity contribution in [2.24, 2.45) is 0 Å². The third-order valence-corrected chi connectivity index (χ3v) is 5.70. The van der Waals surface area contributed by atoms with Crippen LogP contribution in [-0.2, 0) is 15.7 Å². The summed E-state index contributed by atoms with van der Waals surface area (Å²) < 4.78 is 12.3. The molecule has 1 aliphatic heterocycles. The van der Waals surface area contributed by atoms with E-state index < -0.39 is 0 Å². The molecule has 0 N–H and O–H groups in total. The maximum absolute atomic E-state index is 6.16. The predicted octanol–water partition coefficient (Wildman–Crippen LogP) is 3.57. The summed E-state index contributed by atoms with van der Waals surface area (Å²) in [7, 11) is -0.273. The van der Waals surface area contributed by atoms with Gasteiger partial charge in [0.25, 0.3) is 0 Å². The fourth-order valence-corrected chi connectivity index (χ4v) is 3.17. The first kappa shape index (κ1) is 19.5. The number of hydrogen-bond acceptors (Lipinski definition) is 3. The zero-order valence-corrected chi connectivity index (χ0v) is 16.8. The summed E-state index contributed by atoms with van der Waals surface area (Å²) in [6.07, 6.45) is 1.08. The molecule has 1 aromatic carbocycles. The van der Waals surface area contributed by atoms with Crippen molar-refractivity contribution in [2.45, 2.75) is 79.1 Å². The van der Waals surface area contributed by atoms with Crippen molar-refractivity contribution in [1.82, 2.24) is 4.90 Å². The van der Waals surface area contributed by atoms with E-state index in [1.165, 1.54) is 11.1 Å². The highest BCUT2D eigenvalue weighted by Gasteiger charge is 2.51. The minimum atomic E-state index is -0.289. The van der Waals surface area contributed by atoms with Gasteiger partial charge in [-0.05, 0) is 78.0 Å². The monoisotopic (exact) mass is 331 g/mol. The van der Waals surface area contributed by atoms with E-state index in [0.717, 1.165) is 25.0 Å². The van der Waals surface area contributed by atoms with Gasteiger partial charge in [-0.2, -0.15) is 0 Å². The van der Waals surface area contributed by atoms with Crippen LogP contribution in [0.15, 0.2) is 18.2 Å². The first-order chi connectivity index (χ1) is 11.1. The van der Waals surface area contributed by atoms with Gasteiger partial charge >= 0.3 is 7.12 Å². The molecular weight excluding hydrogens is 297 g/mol. The van der Waals surface area contributed by atoms with Crippen LogP contribution in [-0.4, -0.2) is 42.4 Å². The maximum Gasteiger partial charge on any atom is 0.494 e. The molecule has 0 unspecified atom stereocenters. The Bertz CT molecular complexity index is 553. The minimum Gasteiger partial charge on any atom is -0.399 e. The van der Waals surface area contributed by atoms with E-state index in [1.54, 1.807) is 0 Å². The highest BCUT2D eigenvalue weighted by atomic mass is 16.7. The van der Waals surface area contributed by atoms with Crippen LogP contribution >= 0.6 is 0 Å². The molecule has 0 aromatic heterocycles. The normalized spacial score (nSPS) is 19.5. The van der Waals surface area contributed by atoms with E-state index in [0.29, 0.717) is 6.04 Å². The molecule has 1 aromatic rings. The average molecular weight is 331 g/mol. The molecule has 0 saturated carbocycles. The van der Waals surface area contributed by atoms with Crippen LogP contribution in [0.3, 0.4) is 0 Å². The molecule has 24 heavy (non-hydrogen) atoms. The van der Waals surface area contributed by atoms with Crippen molar-refractivity contribution in [1.29, 1.82) is 0 Å². The zero-order valence-electron chi connectivity index (χ0n) is 16.8. The Balaban J connectivity index is 2.08. The lowest BCUT2D eigenvalue weighted by Gasteiger charge is -2.32. The zero-order chi connectivity index (χ0) is 18.1. The number of rotatable bonds is 6. The Morgan fingerprint density at radius 1 is 1.08 bits per heavy atom. The Labute approximate surface area is 148 Å². The van der Waals surface area contributed by atoms with Gasteiger partial charge in [0, 0.05) is 12.6 Å². The van der Waals surface area contributed by atoms with Crippen LogP contribution in [0.4, 0.5) is 0 Å². The fraction of sp³-hybridized carbons (Fsp3) is 0.700. The van der Waals surface area contributed by atoms with Gasteiger partial charge in [-0.1, -0.05) is 25.1 Å². The van der Waals surface area contributed by atoms with Gasteiger partial charge in [0.05, 0.1) is 11.2 Å². The van der Waals surface area contributed by atoms with E-state index in [2.05, 4.69) is 78.5 Å². The van der Waals surface area contributed by atoms with Crippen molar-refractivity contribution >= 4 is 12.6 Å². The summed E-state index contributed by atoms with van der Waals surface area (Å²) in [4.78, 5) is 2.50. The lowest BCUT2D eigenvalue weighted by atomic mass is 9.77. The molecule has 1 fully saturated rings. The summed E-state index contributed by atoms with van der Waals surface area (Å²) >= 11 is 0. The van der Waals surface area contributed by atoms with Crippen LogP contribution in [0.25, 0.3) is 0 Å². The van der Waals surface area contributed by atoms with Crippen molar-refractivity contribution in [3.05, 3.63) is 29.3 Å². The quantitative estimate of drug-likeness (QED) is 0.744. The van der Waals surface area contributed by atoms with Crippen LogP contribution in [0.5, 0.6) is 0 Å². The standard InChI is InChI=1S/C20H34BNO2/c1-9-22(15(2)3)13-12-17-10-11-18(14-16(17)4)21-23-19(5,6)20(7,8)24-21/h10-11,14-15H,9,12-13H2,1-8H3. The molecule has 2 rings (SSSR count). The highest BCUT2D eigenvalue weighted by Crippen LogP contribution is 2.36. The number of benzene rings is 1. The van der Waals surface area contributed by atoms with Crippen molar-refractivity contribution < 1.29 is 9.31 Å². The fourth-order valence-electron chi connectivity index (χ4n) is 3.17. The van der Waals surface area contributed by atoms with E-state index in [1.807, 2.05) is 0 Å². The molecule has 0 amide bonds. The summed E-state index contributed by atoms with van der Waals surface area (Å²) in [5, 5.41) is 0. The first-order valence-corrected chi connectivity index (χ1v) is 9.26. The van der Waals surface area contributed by atoms with Crippen molar-refractivity contribution in [3.8, 4) is 0 Å². The molecule has 0 bridgehead atoms. The summed E-state index contributed by atoms with van der Waals surface area (Å²) in [5.41, 5.74) is 3.27. The molecule has 1 aliphatic rings. The molecule has 0 spiro atoms. The average Bonchev–Trinajstić information content (AvgIpc) is 2.69.